The number of aromatic nitrogens is 2. The first-order valence-electron chi connectivity index (χ1n) is 7.17. The second kappa shape index (κ2) is 6.82. The van der Waals surface area contributed by atoms with Crippen molar-refractivity contribution in [1.82, 2.24) is 20.2 Å². The average Bonchev–Trinajstić information content (AvgIpc) is 2.62. The Morgan fingerprint density at radius 2 is 2.11 bits per heavy atom. The molecule has 5 nitrogen and oxygen atoms in total. The molecule has 1 aliphatic rings. The Morgan fingerprint density at radius 1 is 1.26 bits per heavy atom. The zero-order valence-electron chi connectivity index (χ0n) is 12.3. The molecule has 1 N–H and O–H groups in total. The van der Waals surface area contributed by atoms with Crippen molar-refractivity contribution in [3.63, 3.8) is 0 Å². The number of hydrogen-bond donors (Lipinski definition) is 1. The third-order valence-corrected chi connectivity index (χ3v) is 3.64. The zero-order valence-corrected chi connectivity index (χ0v) is 12.3. The third-order valence-electron chi connectivity index (χ3n) is 3.64. The van der Waals surface area contributed by atoms with E-state index in [1.54, 1.807) is 0 Å². The molecule has 0 radical (unpaired) electrons. The molecule has 19 heavy (non-hydrogen) atoms. The quantitative estimate of drug-likeness (QED) is 0.879. The lowest BCUT2D eigenvalue weighted by Crippen LogP contribution is -2.30. The molecule has 0 bridgehead atoms. The summed E-state index contributed by atoms with van der Waals surface area (Å²) in [7, 11) is 2.18. The number of anilines is 1. The molecule has 1 saturated heterocycles. The van der Waals surface area contributed by atoms with Crippen molar-refractivity contribution < 1.29 is 0 Å². The minimum atomic E-state index is 0.853. The van der Waals surface area contributed by atoms with Crippen LogP contribution in [-0.4, -0.2) is 54.6 Å². The van der Waals surface area contributed by atoms with Gasteiger partial charge in [0.05, 0.1) is 0 Å². The van der Waals surface area contributed by atoms with Crippen LogP contribution in [0.3, 0.4) is 0 Å². The lowest BCUT2D eigenvalue weighted by Gasteiger charge is -2.21. The Kier molecular flexibility index (Phi) is 5.10. The minimum absolute atomic E-state index is 0.853. The Morgan fingerprint density at radius 3 is 2.84 bits per heavy atom. The van der Waals surface area contributed by atoms with Gasteiger partial charge in [0.25, 0.3) is 0 Å². The first-order valence-corrected chi connectivity index (χ1v) is 7.17. The van der Waals surface area contributed by atoms with E-state index in [9.17, 15) is 0 Å². The molecule has 0 aliphatic carbocycles. The fourth-order valence-corrected chi connectivity index (χ4v) is 2.31. The highest BCUT2D eigenvalue weighted by Crippen LogP contribution is 2.13. The van der Waals surface area contributed by atoms with Crippen LogP contribution in [0.4, 0.5) is 5.95 Å². The maximum atomic E-state index is 4.67. The van der Waals surface area contributed by atoms with Gasteiger partial charge in [0.1, 0.15) is 0 Å². The normalized spacial score (nSPS) is 17.5. The predicted molar refractivity (Wildman–Crippen MR) is 78.5 cm³/mol. The number of hydrogen-bond acceptors (Lipinski definition) is 5. The second-order valence-electron chi connectivity index (χ2n) is 5.20. The summed E-state index contributed by atoms with van der Waals surface area (Å²) < 4.78 is 0. The highest BCUT2D eigenvalue weighted by molar-refractivity contribution is 5.33. The Balaban J connectivity index is 2.06. The molecule has 0 saturated carbocycles. The smallest absolute Gasteiger partial charge is 0.225 e. The van der Waals surface area contributed by atoms with Crippen LogP contribution in [0.15, 0.2) is 6.20 Å². The van der Waals surface area contributed by atoms with Gasteiger partial charge in [-0.1, -0.05) is 6.92 Å². The summed E-state index contributed by atoms with van der Waals surface area (Å²) in [5.74, 6) is 0.882. The summed E-state index contributed by atoms with van der Waals surface area (Å²) in [4.78, 5) is 13.9. The van der Waals surface area contributed by atoms with Gasteiger partial charge in [0.2, 0.25) is 5.95 Å². The van der Waals surface area contributed by atoms with Crippen LogP contribution >= 0.6 is 0 Å². The standard InChI is InChI=1S/C14H25N5/c1-4-15-10-13-11-16-14(17-12(13)2)19-7-5-6-18(3)8-9-19/h11,15H,4-10H2,1-3H3. The lowest BCUT2D eigenvalue weighted by atomic mass is 10.2. The van der Waals surface area contributed by atoms with Gasteiger partial charge in [-0.15, -0.1) is 0 Å². The predicted octanol–water partition coefficient (Wildman–Crippen LogP) is 1.04. The second-order valence-corrected chi connectivity index (χ2v) is 5.20. The Hall–Kier alpha value is -1.20. The van der Waals surface area contributed by atoms with Crippen LogP contribution < -0.4 is 10.2 Å². The van der Waals surface area contributed by atoms with Crippen LogP contribution in [0.1, 0.15) is 24.6 Å². The summed E-state index contributed by atoms with van der Waals surface area (Å²) in [6, 6.07) is 0. The summed E-state index contributed by atoms with van der Waals surface area (Å²) in [6.07, 6.45) is 3.15. The van der Waals surface area contributed by atoms with E-state index in [2.05, 4.69) is 46.0 Å². The number of nitrogens with one attached hydrogen (secondary N) is 1. The van der Waals surface area contributed by atoms with E-state index < -0.39 is 0 Å². The van der Waals surface area contributed by atoms with Gasteiger partial charge in [-0.25, -0.2) is 9.97 Å². The van der Waals surface area contributed by atoms with Gasteiger partial charge in [-0.3, -0.25) is 0 Å². The molecule has 0 unspecified atom stereocenters. The highest BCUT2D eigenvalue weighted by atomic mass is 15.3. The zero-order chi connectivity index (χ0) is 13.7. The molecule has 1 aliphatic heterocycles. The summed E-state index contributed by atoms with van der Waals surface area (Å²) in [6.45, 7) is 10.3. The topological polar surface area (TPSA) is 44.3 Å². The van der Waals surface area contributed by atoms with E-state index >= 15 is 0 Å². The maximum Gasteiger partial charge on any atom is 0.225 e. The molecule has 1 aromatic rings. The van der Waals surface area contributed by atoms with Crippen molar-refractivity contribution in [3.8, 4) is 0 Å². The van der Waals surface area contributed by atoms with Crippen LogP contribution in [0.2, 0.25) is 0 Å². The molecule has 5 heteroatoms. The molecule has 2 rings (SSSR count). The first kappa shape index (κ1) is 14.2. The van der Waals surface area contributed by atoms with Gasteiger partial charge in [0, 0.05) is 43.6 Å². The molecule has 1 fully saturated rings. The van der Waals surface area contributed by atoms with E-state index in [0.717, 1.165) is 50.9 Å². The molecule has 2 heterocycles. The maximum absolute atomic E-state index is 4.67. The fraction of sp³-hybridized carbons (Fsp3) is 0.714. The van der Waals surface area contributed by atoms with Gasteiger partial charge < -0.3 is 15.1 Å². The molecule has 0 spiro atoms. The number of rotatable bonds is 4. The van der Waals surface area contributed by atoms with E-state index in [4.69, 9.17) is 0 Å². The number of likely N-dealkylation sites (N-methyl/N-ethyl adjacent to an activating group) is 1. The molecule has 0 amide bonds. The van der Waals surface area contributed by atoms with Crippen molar-refractivity contribution in [2.75, 3.05) is 44.7 Å². The van der Waals surface area contributed by atoms with Crippen LogP contribution in [-0.2, 0) is 6.54 Å². The van der Waals surface area contributed by atoms with Crippen molar-refractivity contribution in [2.24, 2.45) is 0 Å². The monoisotopic (exact) mass is 263 g/mol. The first-order chi connectivity index (χ1) is 9.20. The molecule has 1 aromatic heterocycles. The number of aryl methyl sites for hydroxylation is 1. The van der Waals surface area contributed by atoms with Gasteiger partial charge in [-0.05, 0) is 33.5 Å². The van der Waals surface area contributed by atoms with E-state index in [1.165, 1.54) is 12.0 Å². The van der Waals surface area contributed by atoms with E-state index in [1.807, 2.05) is 6.20 Å². The van der Waals surface area contributed by atoms with Crippen molar-refractivity contribution >= 4 is 5.95 Å². The van der Waals surface area contributed by atoms with Gasteiger partial charge >= 0.3 is 0 Å². The SMILES string of the molecule is CCNCc1cnc(N2CCCN(C)CC2)nc1C. The van der Waals surface area contributed by atoms with Crippen LogP contribution in [0.25, 0.3) is 0 Å². The summed E-state index contributed by atoms with van der Waals surface area (Å²) >= 11 is 0. The molecular formula is C14H25N5. The Labute approximate surface area is 116 Å². The van der Waals surface area contributed by atoms with E-state index in [-0.39, 0.29) is 0 Å². The van der Waals surface area contributed by atoms with Crippen molar-refractivity contribution in [3.05, 3.63) is 17.5 Å². The molecule has 106 valence electrons. The van der Waals surface area contributed by atoms with Crippen LogP contribution in [0, 0.1) is 6.92 Å². The summed E-state index contributed by atoms with van der Waals surface area (Å²) in [5.41, 5.74) is 2.28. The van der Waals surface area contributed by atoms with Crippen LogP contribution in [0.5, 0.6) is 0 Å². The van der Waals surface area contributed by atoms with Gasteiger partial charge in [0.15, 0.2) is 0 Å². The van der Waals surface area contributed by atoms with Crippen molar-refractivity contribution in [2.45, 2.75) is 26.8 Å². The van der Waals surface area contributed by atoms with Crippen molar-refractivity contribution in [1.29, 1.82) is 0 Å². The van der Waals surface area contributed by atoms with Gasteiger partial charge in [-0.2, -0.15) is 0 Å². The lowest BCUT2D eigenvalue weighted by molar-refractivity contribution is 0.360. The third kappa shape index (κ3) is 3.88. The van der Waals surface area contributed by atoms with E-state index in [0.29, 0.717) is 0 Å². The molecular weight excluding hydrogens is 238 g/mol. The summed E-state index contributed by atoms with van der Waals surface area (Å²) in [5, 5.41) is 3.32. The average molecular weight is 263 g/mol. The number of nitrogens with zero attached hydrogens (tertiary/aromatic N) is 4. The minimum Gasteiger partial charge on any atom is -0.339 e. The Bertz CT molecular complexity index is 407. The highest BCUT2D eigenvalue weighted by Gasteiger charge is 2.15. The molecule has 0 atom stereocenters. The fourth-order valence-electron chi connectivity index (χ4n) is 2.31. The largest absolute Gasteiger partial charge is 0.339 e. The molecule has 0 aromatic carbocycles.